The molecule has 118 valence electrons. The van der Waals surface area contributed by atoms with E-state index in [0.29, 0.717) is 16.0 Å². The molecule has 1 heterocycles. The molecule has 1 saturated heterocycles. The monoisotopic (exact) mass is 378 g/mol. The fraction of sp³-hybridized carbons (Fsp3) is 0.533. The lowest BCUT2D eigenvalue weighted by Gasteiger charge is -2.32. The average Bonchev–Trinajstić information content (AvgIpc) is 2.45. The number of carbonyl (C=O) groups excluding carboxylic acids is 1. The minimum Gasteiger partial charge on any atom is -0.339 e. The lowest BCUT2D eigenvalue weighted by atomic mass is 9.96. The number of benzene rings is 1. The summed E-state index contributed by atoms with van der Waals surface area (Å²) in [5.74, 6) is 0.298. The summed E-state index contributed by atoms with van der Waals surface area (Å²) >= 11 is 3.26. The lowest BCUT2D eigenvalue weighted by Crippen LogP contribution is -2.40. The van der Waals surface area contributed by atoms with Crippen LogP contribution in [0.25, 0.3) is 0 Å². The summed E-state index contributed by atoms with van der Waals surface area (Å²) in [6.07, 6.45) is 2.05. The second-order valence-electron chi connectivity index (χ2n) is 5.17. The van der Waals surface area contributed by atoms with Crippen molar-refractivity contribution in [2.24, 2.45) is 5.92 Å². The second-order valence-corrected chi connectivity index (χ2v) is 6.02. The summed E-state index contributed by atoms with van der Waals surface area (Å²) in [7, 11) is 0. The number of nitrogens with zero attached hydrogens (tertiary/aromatic N) is 1. The summed E-state index contributed by atoms with van der Waals surface area (Å²) in [5, 5.41) is 3.36. The first kappa shape index (κ1) is 18.4. The van der Waals surface area contributed by atoms with Crippen molar-refractivity contribution in [3.8, 4) is 0 Å². The Balaban J connectivity index is 0.00000220. The predicted molar refractivity (Wildman–Crippen MR) is 88.5 cm³/mol. The molecule has 0 atom stereocenters. The predicted octanol–water partition coefficient (Wildman–Crippen LogP) is 3.47. The van der Waals surface area contributed by atoms with Crippen molar-refractivity contribution in [2.75, 3.05) is 26.2 Å². The highest BCUT2D eigenvalue weighted by Crippen LogP contribution is 2.23. The van der Waals surface area contributed by atoms with Crippen molar-refractivity contribution in [1.82, 2.24) is 10.2 Å². The smallest absolute Gasteiger partial charge is 0.255 e. The maximum absolute atomic E-state index is 13.1. The maximum atomic E-state index is 13.1. The van der Waals surface area contributed by atoms with E-state index in [1.54, 1.807) is 6.07 Å². The Bertz CT molecular complexity index is 479. The van der Waals surface area contributed by atoms with E-state index >= 15 is 0 Å². The van der Waals surface area contributed by atoms with E-state index < -0.39 is 0 Å². The molecule has 1 aromatic carbocycles. The van der Waals surface area contributed by atoms with Crippen LogP contribution >= 0.6 is 28.3 Å². The summed E-state index contributed by atoms with van der Waals surface area (Å²) in [6.45, 7) is 5.67. The molecule has 1 N–H and O–H groups in total. The van der Waals surface area contributed by atoms with Gasteiger partial charge in [-0.25, -0.2) is 4.39 Å². The van der Waals surface area contributed by atoms with E-state index in [0.717, 1.165) is 39.0 Å². The van der Waals surface area contributed by atoms with Crippen molar-refractivity contribution >= 4 is 34.2 Å². The molecule has 0 saturated carbocycles. The molecule has 1 aromatic rings. The zero-order chi connectivity index (χ0) is 14.5. The molecule has 1 fully saturated rings. The summed E-state index contributed by atoms with van der Waals surface area (Å²) in [6, 6.07) is 4.22. The summed E-state index contributed by atoms with van der Waals surface area (Å²) in [5.41, 5.74) is 0.538. The minimum absolute atomic E-state index is 0. The zero-order valence-corrected chi connectivity index (χ0v) is 14.5. The molecule has 0 unspecified atom stereocenters. The quantitative estimate of drug-likeness (QED) is 0.869. The molecular formula is C15H21BrClFN2O. The van der Waals surface area contributed by atoms with Crippen LogP contribution in [0.2, 0.25) is 0 Å². The number of piperidine rings is 1. The number of carbonyl (C=O) groups is 1. The molecule has 0 spiro atoms. The Morgan fingerprint density at radius 3 is 2.67 bits per heavy atom. The average molecular weight is 380 g/mol. The normalized spacial score (nSPS) is 15.7. The lowest BCUT2D eigenvalue weighted by molar-refractivity contribution is 0.0689. The van der Waals surface area contributed by atoms with E-state index in [1.807, 2.05) is 4.90 Å². The van der Waals surface area contributed by atoms with E-state index in [9.17, 15) is 9.18 Å². The Morgan fingerprint density at radius 1 is 1.43 bits per heavy atom. The van der Waals surface area contributed by atoms with Crippen molar-refractivity contribution in [2.45, 2.75) is 19.8 Å². The Kier molecular flexibility index (Phi) is 7.63. The van der Waals surface area contributed by atoms with Gasteiger partial charge in [0.15, 0.2) is 0 Å². The number of nitrogens with one attached hydrogen (secondary N) is 1. The topological polar surface area (TPSA) is 32.3 Å². The fourth-order valence-electron chi connectivity index (χ4n) is 2.52. The molecule has 0 aliphatic carbocycles. The van der Waals surface area contributed by atoms with Crippen LogP contribution in [0.3, 0.4) is 0 Å². The van der Waals surface area contributed by atoms with Gasteiger partial charge in [-0.1, -0.05) is 6.92 Å². The van der Waals surface area contributed by atoms with Crippen molar-refractivity contribution in [1.29, 1.82) is 0 Å². The van der Waals surface area contributed by atoms with Crippen molar-refractivity contribution in [3.05, 3.63) is 34.1 Å². The van der Waals surface area contributed by atoms with Crippen LogP contribution in [0.5, 0.6) is 0 Å². The molecule has 3 nitrogen and oxygen atoms in total. The van der Waals surface area contributed by atoms with Gasteiger partial charge in [0.25, 0.3) is 5.91 Å². The first-order valence-electron chi connectivity index (χ1n) is 7.07. The van der Waals surface area contributed by atoms with Crippen LogP contribution in [0, 0.1) is 11.7 Å². The highest BCUT2D eigenvalue weighted by Gasteiger charge is 2.24. The first-order valence-corrected chi connectivity index (χ1v) is 7.86. The largest absolute Gasteiger partial charge is 0.339 e. The van der Waals surface area contributed by atoms with Crippen molar-refractivity contribution in [3.63, 3.8) is 0 Å². The summed E-state index contributed by atoms with van der Waals surface area (Å²) in [4.78, 5) is 14.3. The highest BCUT2D eigenvalue weighted by molar-refractivity contribution is 9.10. The van der Waals surface area contributed by atoms with Gasteiger partial charge in [-0.2, -0.15) is 0 Å². The number of hydrogen-bond acceptors (Lipinski definition) is 2. The van der Waals surface area contributed by atoms with Gasteiger partial charge in [0, 0.05) is 17.6 Å². The van der Waals surface area contributed by atoms with Crippen LogP contribution in [0.4, 0.5) is 4.39 Å². The maximum Gasteiger partial charge on any atom is 0.255 e. The van der Waals surface area contributed by atoms with Gasteiger partial charge in [0.2, 0.25) is 0 Å². The molecule has 21 heavy (non-hydrogen) atoms. The Morgan fingerprint density at radius 2 is 2.10 bits per heavy atom. The number of halogens is 3. The van der Waals surface area contributed by atoms with Crippen LogP contribution < -0.4 is 5.32 Å². The molecule has 1 amide bonds. The molecule has 2 rings (SSSR count). The van der Waals surface area contributed by atoms with Crippen LogP contribution in [-0.2, 0) is 0 Å². The van der Waals surface area contributed by atoms with Gasteiger partial charge >= 0.3 is 0 Å². The molecule has 0 radical (unpaired) electrons. The molecule has 6 heteroatoms. The molecule has 1 aliphatic heterocycles. The molecule has 1 aliphatic rings. The van der Waals surface area contributed by atoms with Gasteiger partial charge in [0.05, 0.1) is 5.56 Å². The van der Waals surface area contributed by atoms with Gasteiger partial charge < -0.3 is 10.2 Å². The minimum atomic E-state index is -0.335. The van der Waals surface area contributed by atoms with Gasteiger partial charge in [-0.15, -0.1) is 12.4 Å². The Hall–Kier alpha value is -0.650. The molecule has 0 bridgehead atoms. The fourth-order valence-corrected chi connectivity index (χ4v) is 3.04. The first-order chi connectivity index (χ1) is 9.61. The van der Waals surface area contributed by atoms with Crippen molar-refractivity contribution < 1.29 is 9.18 Å². The zero-order valence-electron chi connectivity index (χ0n) is 12.1. The van der Waals surface area contributed by atoms with E-state index in [2.05, 4.69) is 28.2 Å². The standard InChI is InChI=1S/C15H20BrFN2O.ClH/c1-2-18-10-11-5-7-19(8-6-11)15(20)13-4-3-12(17)9-14(13)16;/h3-4,9,11,18H,2,5-8,10H2,1H3;1H. The number of rotatable bonds is 4. The van der Waals surface area contributed by atoms with E-state index in [-0.39, 0.29) is 24.1 Å². The molecule has 0 aromatic heterocycles. The third-order valence-corrected chi connectivity index (χ3v) is 4.40. The van der Waals surface area contributed by atoms with Crippen LogP contribution in [0.1, 0.15) is 30.1 Å². The number of amides is 1. The third kappa shape index (κ3) is 4.94. The third-order valence-electron chi connectivity index (χ3n) is 3.75. The van der Waals surface area contributed by atoms with Crippen LogP contribution in [0.15, 0.2) is 22.7 Å². The number of likely N-dealkylation sites (tertiary alicyclic amines) is 1. The second kappa shape index (κ2) is 8.71. The van der Waals surface area contributed by atoms with Crippen LogP contribution in [-0.4, -0.2) is 37.0 Å². The van der Waals surface area contributed by atoms with E-state index in [4.69, 9.17) is 0 Å². The Labute approximate surface area is 139 Å². The SMILES string of the molecule is CCNCC1CCN(C(=O)c2ccc(F)cc2Br)CC1.Cl. The molecular weight excluding hydrogens is 359 g/mol. The van der Waals surface area contributed by atoms with E-state index in [1.165, 1.54) is 12.1 Å². The number of hydrogen-bond donors (Lipinski definition) is 1. The highest BCUT2D eigenvalue weighted by atomic mass is 79.9. The van der Waals surface area contributed by atoms with Gasteiger partial charge in [-0.05, 0) is 66.0 Å². The van der Waals surface area contributed by atoms with Gasteiger partial charge in [-0.3, -0.25) is 4.79 Å². The van der Waals surface area contributed by atoms with Gasteiger partial charge in [0.1, 0.15) is 5.82 Å². The summed E-state index contributed by atoms with van der Waals surface area (Å²) < 4.78 is 13.6.